The highest BCUT2D eigenvalue weighted by atomic mass is 14.6. The van der Waals surface area contributed by atoms with E-state index in [1.165, 1.54) is 10.8 Å². The number of nitrogens with zero attached hydrogens (tertiary/aromatic N) is 1. The van der Waals surface area contributed by atoms with Crippen LogP contribution in [0.3, 0.4) is 0 Å². The van der Waals surface area contributed by atoms with E-state index < -0.39 is 0 Å². The van der Waals surface area contributed by atoms with E-state index in [4.69, 9.17) is 0 Å². The van der Waals surface area contributed by atoms with E-state index in [0.717, 1.165) is 10.9 Å². The molecule has 0 N–H and O–H groups in total. The lowest BCUT2D eigenvalue weighted by Crippen LogP contribution is -1.80. The van der Waals surface area contributed by atoms with E-state index in [2.05, 4.69) is 23.3 Å². The van der Waals surface area contributed by atoms with Crippen LogP contribution in [0.25, 0.3) is 21.7 Å². The first kappa shape index (κ1) is 7.51. The number of para-hydroxylation sites is 1. The highest BCUT2D eigenvalue weighted by Crippen LogP contribution is 2.21. The summed E-state index contributed by atoms with van der Waals surface area (Å²) in [5.41, 5.74) is 1.01. The van der Waals surface area contributed by atoms with Crippen molar-refractivity contribution in [1.29, 1.82) is 0 Å². The van der Waals surface area contributed by atoms with Crippen molar-refractivity contribution in [3.05, 3.63) is 54.7 Å². The molecular formula is C13H9N+. The maximum atomic E-state index is 4.28. The van der Waals surface area contributed by atoms with Crippen LogP contribution < -0.4 is 0 Å². The quantitative estimate of drug-likeness (QED) is 0.482. The Labute approximate surface area is 83.5 Å². The predicted octanol–water partition coefficient (Wildman–Crippen LogP) is 3.30. The van der Waals surface area contributed by atoms with Crippen molar-refractivity contribution in [1.82, 2.24) is 4.98 Å². The van der Waals surface area contributed by atoms with E-state index in [-0.39, 0.29) is 1.43 Å². The lowest BCUT2D eigenvalue weighted by Gasteiger charge is -2.00. The minimum atomic E-state index is 0. The average molecular weight is 179 g/mol. The topological polar surface area (TPSA) is 12.9 Å². The van der Waals surface area contributed by atoms with Crippen LogP contribution in [0.15, 0.2) is 48.5 Å². The van der Waals surface area contributed by atoms with E-state index in [1.807, 2.05) is 36.4 Å². The molecule has 2 aromatic carbocycles. The van der Waals surface area contributed by atoms with Gasteiger partial charge in [0.1, 0.15) is 0 Å². The number of pyridine rings is 1. The molecule has 1 nitrogen and oxygen atoms in total. The zero-order valence-corrected chi connectivity index (χ0v) is 7.57. The second-order valence-corrected chi connectivity index (χ2v) is 3.29. The molecule has 0 aliphatic heterocycles. The Hall–Kier alpha value is -1.89. The summed E-state index contributed by atoms with van der Waals surface area (Å²) in [7, 11) is 0. The van der Waals surface area contributed by atoms with Gasteiger partial charge in [-0.1, -0.05) is 42.5 Å². The summed E-state index contributed by atoms with van der Waals surface area (Å²) in [4.78, 5) is 4.28. The maximum Gasteiger partial charge on any atom is 1.00 e. The van der Waals surface area contributed by atoms with Crippen molar-refractivity contribution in [2.45, 2.75) is 0 Å². The van der Waals surface area contributed by atoms with Crippen LogP contribution in [0.4, 0.5) is 0 Å². The van der Waals surface area contributed by atoms with Gasteiger partial charge >= 0.3 is 1.43 Å². The highest BCUT2D eigenvalue weighted by molar-refractivity contribution is 6.04. The van der Waals surface area contributed by atoms with Crippen LogP contribution in [-0.2, 0) is 0 Å². The second-order valence-electron chi connectivity index (χ2n) is 3.29. The van der Waals surface area contributed by atoms with E-state index in [9.17, 15) is 0 Å². The fraction of sp³-hybridized carbons (Fsp3) is 0. The molecule has 0 bridgehead atoms. The van der Waals surface area contributed by atoms with E-state index in [1.54, 1.807) is 0 Å². The summed E-state index contributed by atoms with van der Waals surface area (Å²) in [6.45, 7) is 0. The molecule has 0 saturated heterocycles. The van der Waals surface area contributed by atoms with Crippen molar-refractivity contribution >= 4 is 21.7 Å². The lowest BCUT2D eigenvalue weighted by atomic mass is 10.1. The van der Waals surface area contributed by atoms with E-state index in [0.29, 0.717) is 0 Å². The van der Waals surface area contributed by atoms with Gasteiger partial charge in [0.05, 0.1) is 11.7 Å². The SMILES string of the molecule is [H+].[c]1nc2ccccc2c2ccccc12. The monoisotopic (exact) mass is 179 g/mol. The first-order chi connectivity index (χ1) is 6.95. The molecule has 0 unspecified atom stereocenters. The number of hydrogen-bond donors (Lipinski definition) is 0. The Morgan fingerprint density at radius 3 is 2.50 bits per heavy atom. The smallest absolute Gasteiger partial charge is 0.245 e. The molecule has 3 aromatic rings. The molecule has 0 amide bonds. The Bertz CT molecular complexity index is 550. The number of rotatable bonds is 0. The molecule has 0 saturated carbocycles. The normalized spacial score (nSPS) is 10.9. The van der Waals surface area contributed by atoms with E-state index >= 15 is 0 Å². The van der Waals surface area contributed by atoms with Crippen LogP contribution in [0, 0.1) is 6.20 Å². The summed E-state index contributed by atoms with van der Waals surface area (Å²) in [5.74, 6) is 0. The number of aromatic nitrogens is 1. The number of hydrogen-bond acceptors (Lipinski definition) is 1. The van der Waals surface area contributed by atoms with Crippen LogP contribution in [0.2, 0.25) is 0 Å². The molecule has 0 atom stereocenters. The van der Waals surface area contributed by atoms with Gasteiger partial charge in [-0.3, -0.25) is 0 Å². The van der Waals surface area contributed by atoms with Gasteiger partial charge in [-0.05, 0) is 11.5 Å². The van der Waals surface area contributed by atoms with Gasteiger partial charge in [-0.2, -0.15) is 0 Å². The average Bonchev–Trinajstić information content (AvgIpc) is 2.29. The summed E-state index contributed by atoms with van der Waals surface area (Å²) in [5, 5.41) is 3.49. The van der Waals surface area contributed by atoms with Crippen LogP contribution in [-0.4, -0.2) is 4.98 Å². The van der Waals surface area contributed by atoms with Crippen molar-refractivity contribution in [3.63, 3.8) is 0 Å². The predicted molar refractivity (Wildman–Crippen MR) is 59.2 cm³/mol. The van der Waals surface area contributed by atoms with Crippen molar-refractivity contribution in [2.24, 2.45) is 0 Å². The minimum Gasteiger partial charge on any atom is -0.245 e. The van der Waals surface area contributed by atoms with Crippen LogP contribution in [0.1, 0.15) is 1.43 Å². The third-order valence-electron chi connectivity index (χ3n) is 2.42. The molecule has 1 heteroatoms. The Balaban J connectivity index is 0.000000853. The first-order valence-electron chi connectivity index (χ1n) is 4.60. The molecule has 1 heterocycles. The molecule has 65 valence electrons. The lowest BCUT2D eigenvalue weighted by molar-refractivity contribution is 1.43. The van der Waals surface area contributed by atoms with Gasteiger partial charge in [-0.25, -0.2) is 4.98 Å². The van der Waals surface area contributed by atoms with Gasteiger partial charge in [0.25, 0.3) is 0 Å². The molecule has 0 aliphatic carbocycles. The fourth-order valence-electron chi connectivity index (χ4n) is 1.73. The van der Waals surface area contributed by atoms with Gasteiger partial charge in [0, 0.05) is 10.8 Å². The van der Waals surface area contributed by atoms with Gasteiger partial charge < -0.3 is 0 Å². The molecular weight excluding hydrogens is 170 g/mol. The Morgan fingerprint density at radius 2 is 1.57 bits per heavy atom. The Kier molecular flexibility index (Phi) is 1.51. The number of benzene rings is 2. The molecule has 1 aromatic heterocycles. The second kappa shape index (κ2) is 2.81. The van der Waals surface area contributed by atoms with Gasteiger partial charge in [0.2, 0.25) is 0 Å². The maximum absolute atomic E-state index is 4.28. The molecule has 3 rings (SSSR count). The third kappa shape index (κ3) is 0.990. The first-order valence-corrected chi connectivity index (χ1v) is 4.60. The largest absolute Gasteiger partial charge is 1.00 e. The summed E-state index contributed by atoms with van der Waals surface area (Å²) in [6.07, 6.45) is 3.04. The molecule has 0 fully saturated rings. The van der Waals surface area contributed by atoms with Crippen LogP contribution >= 0.6 is 0 Å². The summed E-state index contributed by atoms with van der Waals surface area (Å²) < 4.78 is 0. The third-order valence-corrected chi connectivity index (χ3v) is 2.42. The van der Waals surface area contributed by atoms with Gasteiger partial charge in [0.15, 0.2) is 0 Å². The highest BCUT2D eigenvalue weighted by Gasteiger charge is 1.99. The summed E-state index contributed by atoms with van der Waals surface area (Å²) in [6, 6.07) is 16.3. The zero-order chi connectivity index (χ0) is 9.38. The summed E-state index contributed by atoms with van der Waals surface area (Å²) >= 11 is 0. The number of fused-ring (bicyclic) bond motifs is 3. The van der Waals surface area contributed by atoms with Crippen molar-refractivity contribution in [2.75, 3.05) is 0 Å². The molecule has 0 aliphatic rings. The molecule has 1 radical (unpaired) electrons. The van der Waals surface area contributed by atoms with Crippen molar-refractivity contribution < 1.29 is 1.43 Å². The zero-order valence-electron chi connectivity index (χ0n) is 8.57. The standard InChI is InChI=1S/C13H8N/c1-2-6-11-10(5-1)9-14-13-8-4-3-7-12(11)13/h1-8H/p+1. The van der Waals surface area contributed by atoms with Crippen molar-refractivity contribution in [3.8, 4) is 0 Å². The van der Waals surface area contributed by atoms with Crippen LogP contribution in [0.5, 0.6) is 0 Å². The molecule has 14 heavy (non-hydrogen) atoms. The Morgan fingerprint density at radius 1 is 0.857 bits per heavy atom. The fourth-order valence-corrected chi connectivity index (χ4v) is 1.73. The van der Waals surface area contributed by atoms with Gasteiger partial charge in [-0.15, -0.1) is 0 Å². The molecule has 0 spiro atoms. The minimum absolute atomic E-state index is 0.